The summed E-state index contributed by atoms with van der Waals surface area (Å²) in [5.74, 6) is -1.37. The summed E-state index contributed by atoms with van der Waals surface area (Å²) < 4.78 is 45.4. The Morgan fingerprint density at radius 3 is 2.52 bits per heavy atom. The van der Waals surface area contributed by atoms with Crippen LogP contribution in [0.4, 0.5) is 13.2 Å². The van der Waals surface area contributed by atoms with E-state index in [4.69, 9.17) is 21.4 Å². The van der Waals surface area contributed by atoms with E-state index in [0.29, 0.717) is 5.56 Å². The second kappa shape index (κ2) is 6.78. The lowest BCUT2D eigenvalue weighted by Crippen LogP contribution is -2.17. The molecule has 0 spiro atoms. The Kier molecular flexibility index (Phi) is 5.00. The summed E-state index contributed by atoms with van der Waals surface area (Å²) in [5.41, 5.74) is 0.683. The highest BCUT2D eigenvalue weighted by atomic mass is 35.5. The Morgan fingerprint density at radius 2 is 1.91 bits per heavy atom. The van der Waals surface area contributed by atoms with Crippen molar-refractivity contribution in [3.63, 3.8) is 0 Å². The molecule has 0 saturated heterocycles. The van der Waals surface area contributed by atoms with Crippen molar-refractivity contribution in [3.05, 3.63) is 58.6 Å². The maximum atomic E-state index is 12.1. The molecule has 1 N–H and O–H groups in total. The van der Waals surface area contributed by atoms with Crippen LogP contribution < -0.4 is 9.47 Å². The summed E-state index contributed by atoms with van der Waals surface area (Å²) in [4.78, 5) is 10.9. The molecule has 2 rings (SSSR count). The standard InChI is InChI=1S/C15H10ClF3O4/c16-12-7-11(23-15(17,18)19)4-5-13(12)22-8-9-2-1-3-10(6-9)14(20)21/h1-7H,8H2,(H,20,21). The maximum Gasteiger partial charge on any atom is 0.573 e. The molecule has 0 amide bonds. The van der Waals surface area contributed by atoms with Crippen molar-refractivity contribution in [2.45, 2.75) is 13.0 Å². The second-order valence-electron chi connectivity index (χ2n) is 4.43. The number of carboxylic acid groups (broad SMARTS) is 1. The number of hydrogen-bond donors (Lipinski definition) is 1. The van der Waals surface area contributed by atoms with Crippen molar-refractivity contribution in [3.8, 4) is 11.5 Å². The van der Waals surface area contributed by atoms with Crippen molar-refractivity contribution in [2.24, 2.45) is 0 Å². The fraction of sp³-hybridized carbons (Fsp3) is 0.133. The molecule has 0 atom stereocenters. The van der Waals surface area contributed by atoms with Gasteiger partial charge in [0.2, 0.25) is 0 Å². The van der Waals surface area contributed by atoms with E-state index in [0.717, 1.165) is 12.1 Å². The van der Waals surface area contributed by atoms with Gasteiger partial charge in [0.1, 0.15) is 18.1 Å². The zero-order valence-electron chi connectivity index (χ0n) is 11.4. The lowest BCUT2D eigenvalue weighted by molar-refractivity contribution is -0.274. The number of hydrogen-bond acceptors (Lipinski definition) is 3. The van der Waals surface area contributed by atoms with Gasteiger partial charge >= 0.3 is 12.3 Å². The molecule has 0 aromatic heterocycles. The van der Waals surface area contributed by atoms with Crippen LogP contribution >= 0.6 is 11.6 Å². The molecule has 8 heteroatoms. The van der Waals surface area contributed by atoms with Crippen molar-refractivity contribution in [1.82, 2.24) is 0 Å². The molecule has 0 unspecified atom stereocenters. The zero-order chi connectivity index (χ0) is 17.0. The van der Waals surface area contributed by atoms with Crippen LogP contribution in [0.2, 0.25) is 5.02 Å². The van der Waals surface area contributed by atoms with E-state index in [2.05, 4.69) is 4.74 Å². The van der Waals surface area contributed by atoms with Crippen molar-refractivity contribution < 1.29 is 32.5 Å². The van der Waals surface area contributed by atoms with Gasteiger partial charge in [-0.15, -0.1) is 13.2 Å². The lowest BCUT2D eigenvalue weighted by atomic mass is 10.1. The predicted octanol–water partition coefficient (Wildman–Crippen LogP) is 4.52. The van der Waals surface area contributed by atoms with E-state index in [-0.39, 0.29) is 22.9 Å². The van der Waals surface area contributed by atoms with Gasteiger partial charge < -0.3 is 14.6 Å². The Labute approximate surface area is 134 Å². The number of halogens is 4. The lowest BCUT2D eigenvalue weighted by Gasteiger charge is -2.12. The molecule has 2 aromatic rings. The van der Waals surface area contributed by atoms with Crippen molar-refractivity contribution >= 4 is 17.6 Å². The third-order valence-corrected chi connectivity index (χ3v) is 3.00. The van der Waals surface area contributed by atoms with E-state index in [1.165, 1.54) is 18.2 Å². The summed E-state index contributed by atoms with van der Waals surface area (Å²) in [5, 5.41) is 8.84. The second-order valence-corrected chi connectivity index (χ2v) is 4.84. The minimum absolute atomic E-state index is 0.0142. The number of benzene rings is 2. The molecule has 0 aliphatic heterocycles. The number of carbonyl (C=O) groups is 1. The Balaban J connectivity index is 2.06. The van der Waals surface area contributed by atoms with Crippen LogP contribution in [0.1, 0.15) is 15.9 Å². The Morgan fingerprint density at radius 1 is 1.17 bits per heavy atom. The van der Waals surface area contributed by atoms with Crippen LogP contribution in [0.3, 0.4) is 0 Å². The van der Waals surface area contributed by atoms with Gasteiger partial charge in [0.15, 0.2) is 0 Å². The smallest absolute Gasteiger partial charge is 0.487 e. The topological polar surface area (TPSA) is 55.8 Å². The van der Waals surface area contributed by atoms with Gasteiger partial charge in [0.25, 0.3) is 0 Å². The fourth-order valence-electron chi connectivity index (χ4n) is 1.75. The number of rotatable bonds is 5. The molecule has 4 nitrogen and oxygen atoms in total. The van der Waals surface area contributed by atoms with Crippen molar-refractivity contribution in [1.29, 1.82) is 0 Å². The van der Waals surface area contributed by atoms with Gasteiger partial charge in [-0.25, -0.2) is 4.79 Å². The van der Waals surface area contributed by atoms with E-state index >= 15 is 0 Å². The van der Waals surface area contributed by atoms with Crippen LogP contribution in [0.15, 0.2) is 42.5 Å². The average Bonchev–Trinajstić information content (AvgIpc) is 2.45. The molecule has 0 saturated carbocycles. The first-order valence-electron chi connectivity index (χ1n) is 6.25. The van der Waals surface area contributed by atoms with E-state index in [1.54, 1.807) is 12.1 Å². The number of aromatic carboxylic acids is 1. The molecule has 0 bridgehead atoms. The average molecular weight is 347 g/mol. The van der Waals surface area contributed by atoms with Gasteiger partial charge in [-0.1, -0.05) is 23.7 Å². The summed E-state index contributed by atoms with van der Waals surface area (Å²) in [6.45, 7) is 0.0142. The summed E-state index contributed by atoms with van der Waals surface area (Å²) >= 11 is 5.84. The van der Waals surface area contributed by atoms with E-state index < -0.39 is 18.1 Å². The molecular formula is C15H10ClF3O4. The van der Waals surface area contributed by atoms with Gasteiger partial charge in [-0.2, -0.15) is 0 Å². The quantitative estimate of drug-likeness (QED) is 0.865. The van der Waals surface area contributed by atoms with Crippen LogP contribution in [0.5, 0.6) is 11.5 Å². The Hall–Kier alpha value is -2.41. The minimum atomic E-state index is -4.80. The molecule has 2 aromatic carbocycles. The normalized spacial score (nSPS) is 11.1. The first-order valence-corrected chi connectivity index (χ1v) is 6.63. The SMILES string of the molecule is O=C(O)c1cccc(COc2ccc(OC(F)(F)F)cc2Cl)c1. The first kappa shape index (κ1) is 17.0. The summed E-state index contributed by atoms with van der Waals surface area (Å²) in [6, 6.07) is 9.37. The number of ether oxygens (including phenoxy) is 2. The maximum absolute atomic E-state index is 12.1. The van der Waals surface area contributed by atoms with E-state index in [1.807, 2.05) is 0 Å². The monoisotopic (exact) mass is 346 g/mol. The van der Waals surface area contributed by atoms with Crippen LogP contribution in [0.25, 0.3) is 0 Å². The first-order chi connectivity index (χ1) is 10.7. The minimum Gasteiger partial charge on any atom is -0.487 e. The number of carboxylic acids is 1. The van der Waals surface area contributed by atoms with Gasteiger partial charge in [0, 0.05) is 6.07 Å². The van der Waals surface area contributed by atoms with Gasteiger partial charge in [0.05, 0.1) is 10.6 Å². The molecule has 0 aliphatic carbocycles. The third kappa shape index (κ3) is 5.07. The highest BCUT2D eigenvalue weighted by molar-refractivity contribution is 6.32. The molecule has 122 valence electrons. The van der Waals surface area contributed by atoms with Crippen LogP contribution in [-0.4, -0.2) is 17.4 Å². The fourth-order valence-corrected chi connectivity index (χ4v) is 1.98. The molecule has 0 fully saturated rings. The highest BCUT2D eigenvalue weighted by Gasteiger charge is 2.31. The van der Waals surface area contributed by atoms with Crippen LogP contribution in [-0.2, 0) is 6.61 Å². The molecule has 0 heterocycles. The molecule has 0 aliphatic rings. The van der Waals surface area contributed by atoms with Crippen LogP contribution in [0, 0.1) is 0 Å². The van der Waals surface area contributed by atoms with E-state index in [9.17, 15) is 18.0 Å². The molecule has 0 radical (unpaired) electrons. The predicted molar refractivity (Wildman–Crippen MR) is 75.9 cm³/mol. The summed E-state index contributed by atoms with van der Waals surface area (Å²) in [6.07, 6.45) is -4.80. The van der Waals surface area contributed by atoms with Crippen molar-refractivity contribution in [2.75, 3.05) is 0 Å². The largest absolute Gasteiger partial charge is 0.573 e. The number of alkyl halides is 3. The van der Waals surface area contributed by atoms with Gasteiger partial charge in [-0.05, 0) is 29.8 Å². The summed E-state index contributed by atoms with van der Waals surface area (Å²) in [7, 11) is 0. The van der Waals surface area contributed by atoms with Gasteiger partial charge in [-0.3, -0.25) is 0 Å². The molecule has 23 heavy (non-hydrogen) atoms. The highest BCUT2D eigenvalue weighted by Crippen LogP contribution is 2.32. The third-order valence-electron chi connectivity index (χ3n) is 2.71. The molecular weight excluding hydrogens is 337 g/mol. The zero-order valence-corrected chi connectivity index (χ0v) is 12.2. The Bertz CT molecular complexity index is 716.